The Kier molecular flexibility index (Phi) is 5.76. The Hall–Kier alpha value is -1.45. The van der Waals surface area contributed by atoms with Crippen molar-refractivity contribution < 1.29 is 17.9 Å². The zero-order valence-corrected chi connectivity index (χ0v) is 17.4. The van der Waals surface area contributed by atoms with Crippen LogP contribution in [0.4, 0.5) is 0 Å². The second kappa shape index (κ2) is 8.12. The molecule has 0 N–H and O–H groups in total. The van der Waals surface area contributed by atoms with Crippen LogP contribution in [0.25, 0.3) is 0 Å². The van der Waals surface area contributed by atoms with Gasteiger partial charge in [-0.05, 0) is 31.6 Å². The molecule has 3 heterocycles. The van der Waals surface area contributed by atoms with E-state index in [2.05, 4.69) is 9.88 Å². The molecule has 8 nitrogen and oxygen atoms in total. The maximum absolute atomic E-state index is 12.9. The van der Waals surface area contributed by atoms with Crippen molar-refractivity contribution in [3.05, 3.63) is 11.9 Å². The summed E-state index contributed by atoms with van der Waals surface area (Å²) < 4.78 is 33.5. The quantitative estimate of drug-likeness (QED) is 0.664. The molecule has 1 aromatic heterocycles. The molecule has 2 saturated heterocycles. The normalized spacial score (nSPS) is 24.0. The SMILES string of the molecule is CC(=O)N1CCN(Cc2cnc(S(=O)(=O)CC3CC3)n2CC2CCCO2)CC1. The summed E-state index contributed by atoms with van der Waals surface area (Å²) in [5, 5.41) is 0.201. The number of carbonyl (C=O) groups is 1. The van der Waals surface area contributed by atoms with Gasteiger partial charge in [-0.1, -0.05) is 0 Å². The molecule has 4 rings (SSSR count). The lowest BCUT2D eigenvalue weighted by Crippen LogP contribution is -2.47. The fourth-order valence-corrected chi connectivity index (χ4v) is 5.92. The number of sulfone groups is 1. The van der Waals surface area contributed by atoms with Gasteiger partial charge >= 0.3 is 0 Å². The second-order valence-electron chi connectivity index (χ2n) is 8.28. The Morgan fingerprint density at radius 2 is 1.96 bits per heavy atom. The van der Waals surface area contributed by atoms with Crippen molar-refractivity contribution in [2.45, 2.75) is 57.0 Å². The van der Waals surface area contributed by atoms with Gasteiger partial charge in [0, 0.05) is 46.3 Å². The van der Waals surface area contributed by atoms with Crippen LogP contribution < -0.4 is 0 Å². The molecular weight excluding hydrogens is 380 g/mol. The van der Waals surface area contributed by atoms with Crippen LogP contribution in [0.1, 0.15) is 38.3 Å². The van der Waals surface area contributed by atoms with E-state index in [1.54, 1.807) is 13.1 Å². The first kappa shape index (κ1) is 19.8. The Morgan fingerprint density at radius 1 is 1.21 bits per heavy atom. The maximum atomic E-state index is 12.9. The lowest BCUT2D eigenvalue weighted by atomic mass is 10.2. The zero-order valence-electron chi connectivity index (χ0n) is 16.5. The summed E-state index contributed by atoms with van der Waals surface area (Å²) in [5.41, 5.74) is 0.918. The summed E-state index contributed by atoms with van der Waals surface area (Å²) in [6.07, 6.45) is 5.74. The van der Waals surface area contributed by atoms with Crippen LogP contribution in [0.15, 0.2) is 11.4 Å². The highest BCUT2D eigenvalue weighted by Gasteiger charge is 2.33. The number of aromatic nitrogens is 2. The predicted molar refractivity (Wildman–Crippen MR) is 104 cm³/mol. The van der Waals surface area contributed by atoms with Gasteiger partial charge in [0.15, 0.2) is 0 Å². The lowest BCUT2D eigenvalue weighted by molar-refractivity contribution is -0.130. The van der Waals surface area contributed by atoms with Crippen molar-refractivity contribution in [3.8, 4) is 0 Å². The minimum absolute atomic E-state index is 0.0531. The average Bonchev–Trinajstić information content (AvgIpc) is 3.15. The van der Waals surface area contributed by atoms with E-state index in [-0.39, 0.29) is 22.9 Å². The van der Waals surface area contributed by atoms with Crippen LogP contribution in [0.2, 0.25) is 0 Å². The highest BCUT2D eigenvalue weighted by atomic mass is 32.2. The zero-order chi connectivity index (χ0) is 19.7. The van der Waals surface area contributed by atoms with E-state index in [1.165, 1.54) is 0 Å². The van der Waals surface area contributed by atoms with Gasteiger partial charge in [-0.2, -0.15) is 0 Å². The smallest absolute Gasteiger partial charge is 0.227 e. The molecule has 0 bridgehead atoms. The molecule has 0 aromatic carbocycles. The standard InChI is InChI=1S/C19H30N4O4S/c1-15(24)22-8-6-21(7-9-22)12-17-11-20-19(28(25,26)14-16-4-5-16)23(17)13-18-3-2-10-27-18/h11,16,18H,2-10,12-14H2,1H3. The van der Waals surface area contributed by atoms with Crippen LogP contribution in [0.5, 0.6) is 0 Å². The number of hydrogen-bond donors (Lipinski definition) is 0. The van der Waals surface area contributed by atoms with Gasteiger partial charge in [0.1, 0.15) is 0 Å². The Labute approximate surface area is 166 Å². The fraction of sp³-hybridized carbons (Fsp3) is 0.789. The van der Waals surface area contributed by atoms with Crippen molar-refractivity contribution in [1.82, 2.24) is 19.4 Å². The van der Waals surface area contributed by atoms with Crippen molar-refractivity contribution >= 4 is 15.7 Å². The third kappa shape index (κ3) is 4.58. The summed E-state index contributed by atoms with van der Waals surface area (Å²) in [6, 6.07) is 0. The van der Waals surface area contributed by atoms with Crippen molar-refractivity contribution in [1.29, 1.82) is 0 Å². The molecule has 9 heteroatoms. The summed E-state index contributed by atoms with van der Waals surface area (Å²) in [5.74, 6) is 0.601. The minimum atomic E-state index is -3.38. The third-order valence-corrected chi connectivity index (χ3v) is 7.74. The van der Waals surface area contributed by atoms with Crippen LogP contribution in [0, 0.1) is 5.92 Å². The predicted octanol–water partition coefficient (Wildman–Crippen LogP) is 0.910. The van der Waals surface area contributed by atoms with Gasteiger partial charge in [-0.3, -0.25) is 9.69 Å². The highest BCUT2D eigenvalue weighted by Crippen LogP contribution is 2.32. The fourth-order valence-electron chi connectivity index (χ4n) is 4.07. The average molecular weight is 411 g/mol. The maximum Gasteiger partial charge on any atom is 0.227 e. The topological polar surface area (TPSA) is 84.7 Å². The van der Waals surface area contributed by atoms with E-state index >= 15 is 0 Å². The molecule has 1 aliphatic carbocycles. The van der Waals surface area contributed by atoms with Crippen molar-refractivity contribution in [2.75, 3.05) is 38.5 Å². The Morgan fingerprint density at radius 3 is 2.57 bits per heavy atom. The van der Waals surface area contributed by atoms with E-state index in [0.717, 1.165) is 51.1 Å². The number of carbonyl (C=O) groups excluding carboxylic acids is 1. The van der Waals surface area contributed by atoms with Crippen LogP contribution in [-0.4, -0.2) is 78.3 Å². The first-order chi connectivity index (χ1) is 13.4. The van der Waals surface area contributed by atoms with Gasteiger partial charge < -0.3 is 14.2 Å². The molecule has 156 valence electrons. The summed E-state index contributed by atoms with van der Waals surface area (Å²) >= 11 is 0. The molecule has 28 heavy (non-hydrogen) atoms. The first-order valence-corrected chi connectivity index (χ1v) is 11.9. The van der Waals surface area contributed by atoms with Crippen LogP contribution >= 0.6 is 0 Å². The van der Waals surface area contributed by atoms with Gasteiger partial charge in [0.2, 0.25) is 20.9 Å². The minimum Gasteiger partial charge on any atom is -0.376 e. The van der Waals surface area contributed by atoms with E-state index in [4.69, 9.17) is 4.74 Å². The molecule has 1 amide bonds. The first-order valence-electron chi connectivity index (χ1n) is 10.3. The Balaban J connectivity index is 1.51. The third-order valence-electron chi connectivity index (χ3n) is 5.95. The summed E-state index contributed by atoms with van der Waals surface area (Å²) in [6.45, 7) is 6.52. The molecule has 1 saturated carbocycles. The number of ether oxygens (including phenoxy) is 1. The molecule has 2 aliphatic heterocycles. The van der Waals surface area contributed by atoms with E-state index in [1.807, 2.05) is 9.47 Å². The monoisotopic (exact) mass is 410 g/mol. The van der Waals surface area contributed by atoms with Gasteiger partial charge in [-0.25, -0.2) is 13.4 Å². The molecule has 1 aromatic rings. The largest absolute Gasteiger partial charge is 0.376 e. The van der Waals surface area contributed by atoms with E-state index in [9.17, 15) is 13.2 Å². The van der Waals surface area contributed by atoms with Crippen molar-refractivity contribution in [3.63, 3.8) is 0 Å². The van der Waals surface area contributed by atoms with Crippen LogP contribution in [0.3, 0.4) is 0 Å². The van der Waals surface area contributed by atoms with Crippen LogP contribution in [-0.2, 0) is 32.5 Å². The van der Waals surface area contributed by atoms with Gasteiger partial charge in [0.25, 0.3) is 0 Å². The number of amides is 1. The van der Waals surface area contributed by atoms with Crippen molar-refractivity contribution in [2.24, 2.45) is 5.92 Å². The van der Waals surface area contributed by atoms with Gasteiger partial charge in [-0.15, -0.1) is 0 Å². The lowest BCUT2D eigenvalue weighted by Gasteiger charge is -2.34. The molecule has 0 radical (unpaired) electrons. The number of nitrogens with zero attached hydrogens (tertiary/aromatic N) is 4. The summed E-state index contributed by atoms with van der Waals surface area (Å²) in [4.78, 5) is 20.0. The molecular formula is C19H30N4O4S. The number of rotatable bonds is 7. The number of piperazine rings is 1. The highest BCUT2D eigenvalue weighted by molar-refractivity contribution is 7.91. The Bertz CT molecular complexity index is 804. The number of hydrogen-bond acceptors (Lipinski definition) is 6. The van der Waals surface area contributed by atoms with E-state index < -0.39 is 9.84 Å². The summed E-state index contributed by atoms with van der Waals surface area (Å²) in [7, 11) is -3.38. The molecule has 3 fully saturated rings. The molecule has 0 spiro atoms. The second-order valence-corrected chi connectivity index (χ2v) is 10.2. The molecule has 1 atom stereocenters. The molecule has 1 unspecified atom stereocenters. The number of imidazole rings is 1. The van der Waals surface area contributed by atoms with Gasteiger partial charge in [0.05, 0.1) is 30.3 Å². The van der Waals surface area contributed by atoms with E-state index in [0.29, 0.717) is 32.1 Å². The molecule has 3 aliphatic rings.